The molecule has 0 amide bonds. The van der Waals surface area contributed by atoms with E-state index >= 15 is 0 Å². The smallest absolute Gasteiger partial charge is 0.330 e. The van der Waals surface area contributed by atoms with Gasteiger partial charge >= 0.3 is 11.9 Å². The molecular weight excluding hydrogens is 280 g/mol. The molecule has 0 atom stereocenters. The Hall–Kier alpha value is -2.88. The molecule has 0 unspecified atom stereocenters. The Morgan fingerprint density at radius 3 is 1.59 bits per heavy atom. The molecule has 2 aromatic rings. The first-order valence-electron chi connectivity index (χ1n) is 6.73. The maximum absolute atomic E-state index is 11.2. The van der Waals surface area contributed by atoms with Gasteiger partial charge in [0.25, 0.3) is 0 Å². The van der Waals surface area contributed by atoms with Crippen molar-refractivity contribution in [3.63, 3.8) is 0 Å². The normalized spacial score (nSPS) is 10.0. The fourth-order valence-corrected chi connectivity index (χ4v) is 2.11. The molecule has 0 saturated carbocycles. The van der Waals surface area contributed by atoms with Gasteiger partial charge in [0.15, 0.2) is 0 Å². The van der Waals surface area contributed by atoms with E-state index in [0.29, 0.717) is 0 Å². The fourth-order valence-electron chi connectivity index (χ4n) is 2.11. The first-order valence-corrected chi connectivity index (χ1v) is 6.73. The molecule has 0 bridgehead atoms. The summed E-state index contributed by atoms with van der Waals surface area (Å²) in [6.07, 6.45) is 2.26. The van der Waals surface area contributed by atoms with E-state index in [1.54, 1.807) is 0 Å². The van der Waals surface area contributed by atoms with Gasteiger partial charge in [-0.25, -0.2) is 9.59 Å². The first-order chi connectivity index (χ1) is 10.7. The van der Waals surface area contributed by atoms with Crippen molar-refractivity contribution in [1.29, 1.82) is 0 Å². The average molecular weight is 296 g/mol. The lowest BCUT2D eigenvalue weighted by Gasteiger charge is -2.10. The monoisotopic (exact) mass is 296 g/mol. The molecule has 0 saturated heterocycles. The summed E-state index contributed by atoms with van der Waals surface area (Å²) in [4.78, 5) is 22.4. The van der Waals surface area contributed by atoms with Crippen LogP contribution >= 0.6 is 0 Å². The van der Waals surface area contributed by atoms with Gasteiger partial charge in [-0.15, -0.1) is 0 Å². The van der Waals surface area contributed by atoms with Gasteiger partial charge < -0.3 is 9.47 Å². The van der Waals surface area contributed by atoms with Gasteiger partial charge in [0.2, 0.25) is 0 Å². The van der Waals surface area contributed by atoms with Gasteiger partial charge in [0.1, 0.15) is 13.2 Å². The van der Waals surface area contributed by atoms with Crippen LogP contribution in [-0.2, 0) is 32.3 Å². The van der Waals surface area contributed by atoms with Crippen LogP contribution in [-0.4, -0.2) is 11.9 Å². The number of hydrogen-bond acceptors (Lipinski definition) is 4. The van der Waals surface area contributed by atoms with Crippen molar-refractivity contribution >= 4 is 22.7 Å². The number of carbonyl (C=O) groups excluding carboxylic acids is 2. The number of benzene rings is 2. The lowest BCUT2D eigenvalue weighted by Crippen LogP contribution is -2.02. The lowest BCUT2D eigenvalue weighted by atomic mass is 10.0. The van der Waals surface area contributed by atoms with Gasteiger partial charge in [-0.3, -0.25) is 0 Å². The minimum Gasteiger partial charge on any atom is -0.458 e. The number of rotatable bonds is 6. The Morgan fingerprint density at radius 1 is 0.818 bits per heavy atom. The predicted octanol–water partition coefficient (Wildman–Crippen LogP) is 3.30. The van der Waals surface area contributed by atoms with Crippen molar-refractivity contribution in [3.05, 3.63) is 72.8 Å². The molecular formula is C18H16O4. The predicted molar refractivity (Wildman–Crippen MR) is 83.9 cm³/mol. The Morgan fingerprint density at radius 2 is 1.23 bits per heavy atom. The zero-order valence-corrected chi connectivity index (χ0v) is 12.1. The molecule has 112 valence electrons. The first kappa shape index (κ1) is 15.5. The molecule has 0 aliphatic carbocycles. The van der Waals surface area contributed by atoms with Gasteiger partial charge in [-0.05, 0) is 21.9 Å². The zero-order valence-electron chi connectivity index (χ0n) is 12.1. The van der Waals surface area contributed by atoms with Crippen molar-refractivity contribution in [1.82, 2.24) is 0 Å². The number of carbonyl (C=O) groups is 2. The van der Waals surface area contributed by atoms with Gasteiger partial charge in [-0.2, -0.15) is 0 Å². The van der Waals surface area contributed by atoms with E-state index in [2.05, 4.69) is 13.2 Å². The number of ether oxygens (including phenoxy) is 2. The topological polar surface area (TPSA) is 52.6 Å². The highest BCUT2D eigenvalue weighted by Crippen LogP contribution is 2.24. The van der Waals surface area contributed by atoms with Crippen molar-refractivity contribution < 1.29 is 19.1 Å². The molecule has 0 aliphatic heterocycles. The zero-order chi connectivity index (χ0) is 15.9. The number of hydrogen-bond donors (Lipinski definition) is 0. The minimum absolute atomic E-state index is 0.165. The van der Waals surface area contributed by atoms with E-state index in [4.69, 9.17) is 9.47 Å². The fraction of sp³-hybridized carbons (Fsp3) is 0.111. The van der Waals surface area contributed by atoms with E-state index in [9.17, 15) is 9.59 Å². The Labute approximate surface area is 128 Å². The Balaban J connectivity index is 2.29. The van der Waals surface area contributed by atoms with Crippen LogP contribution in [0.5, 0.6) is 0 Å². The molecule has 0 radical (unpaired) electrons. The van der Waals surface area contributed by atoms with Crippen LogP contribution in [0.25, 0.3) is 10.8 Å². The van der Waals surface area contributed by atoms with Crippen LogP contribution in [0.1, 0.15) is 11.1 Å². The summed E-state index contributed by atoms with van der Waals surface area (Å²) in [5, 5.41) is 1.90. The third-order valence-electron chi connectivity index (χ3n) is 3.18. The Bertz CT molecular complexity index is 668. The minimum atomic E-state index is -0.465. The van der Waals surface area contributed by atoms with Gasteiger partial charge in [-0.1, -0.05) is 49.6 Å². The molecule has 2 aromatic carbocycles. The molecule has 0 aromatic heterocycles. The Kier molecular flexibility index (Phi) is 5.09. The summed E-state index contributed by atoms with van der Waals surface area (Å²) in [6, 6.07) is 11.4. The van der Waals surface area contributed by atoms with Crippen molar-refractivity contribution in [2.24, 2.45) is 0 Å². The summed E-state index contributed by atoms with van der Waals surface area (Å²) >= 11 is 0. The quantitative estimate of drug-likeness (QED) is 0.606. The molecule has 22 heavy (non-hydrogen) atoms. The van der Waals surface area contributed by atoms with Crippen molar-refractivity contribution in [2.45, 2.75) is 13.2 Å². The maximum atomic E-state index is 11.2. The largest absolute Gasteiger partial charge is 0.458 e. The third kappa shape index (κ3) is 3.61. The summed E-state index contributed by atoms with van der Waals surface area (Å²) in [5.41, 5.74) is 1.76. The second-order valence-corrected chi connectivity index (χ2v) is 4.55. The summed E-state index contributed by atoms with van der Waals surface area (Å²) < 4.78 is 10.2. The van der Waals surface area contributed by atoms with Gasteiger partial charge in [0, 0.05) is 12.2 Å². The summed E-state index contributed by atoms with van der Waals surface area (Å²) in [7, 11) is 0. The van der Waals surface area contributed by atoms with Crippen LogP contribution < -0.4 is 0 Å². The highest BCUT2D eigenvalue weighted by atomic mass is 16.5. The molecule has 4 nitrogen and oxygen atoms in total. The standard InChI is InChI=1S/C18H16O4/c1-3-17(19)21-11-13-7-5-10-16-14(8-6-9-15(13)16)12-22-18(20)4-2/h3-10H,1-2,11-12H2. The SMILES string of the molecule is C=CC(=O)OCc1cccc2c(COC(=O)C=C)cccc12. The highest BCUT2D eigenvalue weighted by molar-refractivity contribution is 5.89. The average Bonchev–Trinajstić information content (AvgIpc) is 2.57. The maximum Gasteiger partial charge on any atom is 0.330 e. The molecule has 0 aliphatic rings. The second kappa shape index (κ2) is 7.22. The summed E-state index contributed by atoms with van der Waals surface area (Å²) in [5.74, 6) is -0.929. The highest BCUT2D eigenvalue weighted by Gasteiger charge is 2.07. The number of esters is 2. The van der Waals surface area contributed by atoms with Crippen LogP contribution in [0.4, 0.5) is 0 Å². The van der Waals surface area contributed by atoms with Crippen molar-refractivity contribution in [3.8, 4) is 0 Å². The molecule has 0 N–H and O–H groups in total. The van der Waals surface area contributed by atoms with E-state index < -0.39 is 11.9 Å². The van der Waals surface area contributed by atoms with E-state index in [1.165, 1.54) is 0 Å². The van der Waals surface area contributed by atoms with Crippen molar-refractivity contribution in [2.75, 3.05) is 0 Å². The van der Waals surface area contributed by atoms with Crippen LogP contribution in [0.3, 0.4) is 0 Å². The van der Waals surface area contributed by atoms with E-state index in [1.807, 2.05) is 36.4 Å². The van der Waals surface area contributed by atoms with Crippen LogP contribution in [0.15, 0.2) is 61.7 Å². The molecule has 2 rings (SSSR count). The number of fused-ring (bicyclic) bond motifs is 1. The lowest BCUT2D eigenvalue weighted by molar-refractivity contribution is -0.139. The van der Waals surface area contributed by atoms with Gasteiger partial charge in [0.05, 0.1) is 0 Å². The van der Waals surface area contributed by atoms with Crippen LogP contribution in [0.2, 0.25) is 0 Å². The van der Waals surface area contributed by atoms with E-state index in [0.717, 1.165) is 34.1 Å². The molecule has 0 fully saturated rings. The molecule has 0 heterocycles. The molecule has 4 heteroatoms. The second-order valence-electron chi connectivity index (χ2n) is 4.55. The van der Waals surface area contributed by atoms with Crippen LogP contribution in [0, 0.1) is 0 Å². The third-order valence-corrected chi connectivity index (χ3v) is 3.18. The van der Waals surface area contributed by atoms with E-state index in [-0.39, 0.29) is 13.2 Å². The molecule has 0 spiro atoms. The summed E-state index contributed by atoms with van der Waals surface area (Å²) in [6.45, 7) is 7.06.